The number of nitrogens with zero attached hydrogens (tertiary/aromatic N) is 1. The van der Waals surface area contributed by atoms with E-state index in [9.17, 15) is 18.0 Å². The summed E-state index contributed by atoms with van der Waals surface area (Å²) in [6, 6.07) is 12.9. The fourth-order valence-corrected chi connectivity index (χ4v) is 3.83. The third kappa shape index (κ3) is 4.46. The first-order valence-electron chi connectivity index (χ1n) is 8.44. The first kappa shape index (κ1) is 19.4. The molecule has 4 N–H and O–H groups in total. The fourth-order valence-electron chi connectivity index (χ4n) is 2.57. The molecule has 10 heteroatoms. The first-order chi connectivity index (χ1) is 13.4. The van der Waals surface area contributed by atoms with Crippen molar-refractivity contribution in [1.29, 1.82) is 0 Å². The number of sulfonamides is 1. The maximum atomic E-state index is 12.1. The number of carbonyl (C=O) groups is 2. The van der Waals surface area contributed by atoms with Gasteiger partial charge in [0, 0.05) is 30.4 Å². The van der Waals surface area contributed by atoms with E-state index in [0.717, 1.165) is 0 Å². The molecular formula is C18H19N5O4S. The van der Waals surface area contributed by atoms with Crippen molar-refractivity contribution in [2.75, 3.05) is 24.2 Å². The van der Waals surface area contributed by atoms with Gasteiger partial charge in [-0.15, -0.1) is 0 Å². The molecule has 1 aliphatic heterocycles. The van der Waals surface area contributed by atoms with Crippen LogP contribution in [0.1, 0.15) is 12.0 Å². The minimum Gasteiger partial charge on any atom is -0.341 e. The number of amidine groups is 1. The van der Waals surface area contributed by atoms with Crippen molar-refractivity contribution < 1.29 is 18.0 Å². The van der Waals surface area contributed by atoms with Crippen LogP contribution in [0, 0.1) is 0 Å². The Morgan fingerprint density at radius 3 is 2.32 bits per heavy atom. The van der Waals surface area contributed by atoms with Gasteiger partial charge in [-0.1, -0.05) is 12.1 Å². The lowest BCUT2D eigenvalue weighted by Gasteiger charge is -2.07. The van der Waals surface area contributed by atoms with Crippen LogP contribution in [-0.2, 0) is 14.8 Å². The smallest absolute Gasteiger partial charge is 0.318 e. The highest BCUT2D eigenvalue weighted by atomic mass is 32.2. The highest BCUT2D eigenvalue weighted by Gasteiger charge is 2.29. The van der Waals surface area contributed by atoms with Crippen LogP contribution in [-0.4, -0.2) is 39.8 Å². The molecule has 0 unspecified atom stereocenters. The van der Waals surface area contributed by atoms with Crippen LogP contribution in [0.2, 0.25) is 0 Å². The highest BCUT2D eigenvalue weighted by Crippen LogP contribution is 2.22. The van der Waals surface area contributed by atoms with Gasteiger partial charge in [0.1, 0.15) is 5.84 Å². The van der Waals surface area contributed by atoms with Crippen LogP contribution in [0.5, 0.6) is 0 Å². The summed E-state index contributed by atoms with van der Waals surface area (Å²) in [4.78, 5) is 27.7. The van der Waals surface area contributed by atoms with Gasteiger partial charge >= 0.3 is 6.03 Å². The third-order valence-corrected chi connectivity index (χ3v) is 5.32. The zero-order valence-electron chi connectivity index (χ0n) is 15.0. The summed E-state index contributed by atoms with van der Waals surface area (Å²) in [6.45, 7) is 0.133. The van der Waals surface area contributed by atoms with Gasteiger partial charge < -0.3 is 16.0 Å². The second kappa shape index (κ2) is 8.09. The monoisotopic (exact) mass is 401 g/mol. The van der Waals surface area contributed by atoms with E-state index in [1.54, 1.807) is 42.5 Å². The van der Waals surface area contributed by atoms with Gasteiger partial charge in [0.05, 0.1) is 11.4 Å². The molecule has 28 heavy (non-hydrogen) atoms. The summed E-state index contributed by atoms with van der Waals surface area (Å²) in [5.74, 6) is -0.0153. The zero-order chi connectivity index (χ0) is 20.1. The quantitative estimate of drug-likeness (QED) is 0.605. The summed E-state index contributed by atoms with van der Waals surface area (Å²) in [6.07, 6.45) is 0.0889. The van der Waals surface area contributed by atoms with Crippen LogP contribution in [0.25, 0.3) is 0 Å². The normalized spacial score (nSPS) is 15.4. The average molecular weight is 401 g/mol. The minimum absolute atomic E-state index is 0.0889. The molecule has 3 rings (SSSR count). The highest BCUT2D eigenvalue weighted by molar-refractivity contribution is 7.90. The Hall–Kier alpha value is -3.40. The summed E-state index contributed by atoms with van der Waals surface area (Å²) in [7, 11) is -2.07. The van der Waals surface area contributed by atoms with Gasteiger partial charge in [-0.2, -0.15) is 0 Å². The summed E-state index contributed by atoms with van der Waals surface area (Å²) >= 11 is 0. The molecule has 0 radical (unpaired) electrons. The van der Waals surface area contributed by atoms with Gasteiger partial charge in [-0.3, -0.25) is 14.5 Å². The van der Waals surface area contributed by atoms with Crippen molar-refractivity contribution in [3.63, 3.8) is 0 Å². The van der Waals surface area contributed by atoms with Crippen molar-refractivity contribution in [2.45, 2.75) is 11.3 Å². The molecule has 3 amide bonds. The molecule has 0 aromatic heterocycles. The SMILES string of the molecule is CNC(=O)Nc1ccc(NC(=O)CCN=C2NS(=O)(=O)c3ccccc32)cc1. The Morgan fingerprint density at radius 1 is 1.00 bits per heavy atom. The lowest BCUT2D eigenvalue weighted by molar-refractivity contribution is -0.116. The molecule has 2 aromatic rings. The second-order valence-corrected chi connectivity index (χ2v) is 7.56. The van der Waals surface area contributed by atoms with Crippen LogP contribution in [0.15, 0.2) is 58.4 Å². The number of fused-ring (bicyclic) bond motifs is 1. The maximum Gasteiger partial charge on any atom is 0.318 e. The fraction of sp³-hybridized carbons (Fsp3) is 0.167. The molecular weight excluding hydrogens is 382 g/mol. The molecule has 0 spiro atoms. The van der Waals surface area contributed by atoms with Gasteiger partial charge in [0.25, 0.3) is 10.0 Å². The van der Waals surface area contributed by atoms with Crippen molar-refractivity contribution in [1.82, 2.24) is 10.0 Å². The predicted octanol–water partition coefficient (Wildman–Crippen LogP) is 1.51. The molecule has 9 nitrogen and oxygen atoms in total. The number of anilines is 2. The number of urea groups is 1. The first-order valence-corrected chi connectivity index (χ1v) is 9.93. The van der Waals surface area contributed by atoms with Crippen molar-refractivity contribution in [3.8, 4) is 0 Å². The van der Waals surface area contributed by atoms with Crippen LogP contribution < -0.4 is 20.7 Å². The molecule has 0 saturated carbocycles. The molecule has 1 aliphatic rings. The van der Waals surface area contributed by atoms with Crippen molar-refractivity contribution in [2.24, 2.45) is 4.99 Å². The van der Waals surface area contributed by atoms with E-state index in [0.29, 0.717) is 16.9 Å². The Morgan fingerprint density at radius 2 is 1.64 bits per heavy atom. The van der Waals surface area contributed by atoms with Gasteiger partial charge in [0.15, 0.2) is 0 Å². The van der Waals surface area contributed by atoms with Gasteiger partial charge in [0.2, 0.25) is 5.91 Å². The van der Waals surface area contributed by atoms with Crippen LogP contribution in [0.3, 0.4) is 0 Å². The Kier molecular flexibility index (Phi) is 5.59. The topological polar surface area (TPSA) is 129 Å². The van der Waals surface area contributed by atoms with E-state index in [1.165, 1.54) is 13.1 Å². The van der Waals surface area contributed by atoms with E-state index < -0.39 is 10.0 Å². The number of hydrogen-bond donors (Lipinski definition) is 4. The molecule has 2 aromatic carbocycles. The molecule has 1 heterocycles. The lowest BCUT2D eigenvalue weighted by Crippen LogP contribution is -2.24. The summed E-state index contributed by atoms with van der Waals surface area (Å²) in [5, 5.41) is 7.78. The Balaban J connectivity index is 1.55. The number of rotatable bonds is 5. The molecule has 0 aliphatic carbocycles. The second-order valence-electron chi connectivity index (χ2n) is 5.91. The average Bonchev–Trinajstić information content (AvgIpc) is 2.94. The number of hydrogen-bond acceptors (Lipinski definition) is 5. The van der Waals surface area contributed by atoms with Gasteiger partial charge in [-0.05, 0) is 36.4 Å². The van der Waals surface area contributed by atoms with E-state index >= 15 is 0 Å². The number of carbonyl (C=O) groups excluding carboxylic acids is 2. The number of benzene rings is 2. The molecule has 0 bridgehead atoms. The summed E-state index contributed by atoms with van der Waals surface area (Å²) in [5.41, 5.74) is 1.67. The molecule has 0 atom stereocenters. The van der Waals surface area contributed by atoms with Crippen LogP contribution in [0.4, 0.5) is 16.2 Å². The predicted molar refractivity (Wildman–Crippen MR) is 106 cm³/mol. The lowest BCUT2D eigenvalue weighted by atomic mass is 10.2. The Bertz CT molecular complexity index is 1030. The zero-order valence-corrected chi connectivity index (χ0v) is 15.8. The Labute approximate surface area is 162 Å². The van der Waals surface area contributed by atoms with Crippen LogP contribution >= 0.6 is 0 Å². The molecule has 146 valence electrons. The molecule has 0 saturated heterocycles. The minimum atomic E-state index is -3.58. The van der Waals surface area contributed by atoms with Crippen molar-refractivity contribution >= 4 is 39.2 Å². The number of amides is 3. The van der Waals surface area contributed by atoms with E-state index in [1.807, 2.05) is 0 Å². The standard InChI is InChI=1S/C18H19N5O4S/c1-19-18(25)22-13-8-6-12(7-9-13)21-16(24)10-11-20-17-14-4-2-3-5-15(14)28(26,27)23-17/h2-9H,10-11H2,1H3,(H,20,23)(H,21,24)(H2,19,22,25). The van der Waals surface area contributed by atoms with E-state index in [4.69, 9.17) is 0 Å². The summed E-state index contributed by atoms with van der Waals surface area (Å²) < 4.78 is 26.4. The van der Waals surface area contributed by atoms with E-state index in [2.05, 4.69) is 25.7 Å². The molecule has 0 fully saturated rings. The third-order valence-electron chi connectivity index (χ3n) is 3.93. The number of nitrogens with one attached hydrogen (secondary N) is 4. The van der Waals surface area contributed by atoms with Crippen molar-refractivity contribution in [3.05, 3.63) is 54.1 Å². The number of aliphatic imine (C=N–C) groups is 1. The van der Waals surface area contributed by atoms with Gasteiger partial charge in [-0.25, -0.2) is 13.2 Å². The largest absolute Gasteiger partial charge is 0.341 e. The van der Waals surface area contributed by atoms with E-state index in [-0.39, 0.29) is 35.6 Å². The maximum absolute atomic E-state index is 12.1.